The van der Waals surface area contributed by atoms with Crippen LogP contribution in [0.5, 0.6) is 0 Å². The Morgan fingerprint density at radius 1 is 1.47 bits per heavy atom. The first-order valence-corrected chi connectivity index (χ1v) is 6.39. The van der Waals surface area contributed by atoms with Gasteiger partial charge in [0.15, 0.2) is 0 Å². The second kappa shape index (κ2) is 3.77. The van der Waals surface area contributed by atoms with E-state index in [9.17, 15) is 0 Å². The summed E-state index contributed by atoms with van der Waals surface area (Å²) in [5, 5.41) is 2.16. The van der Waals surface area contributed by atoms with Gasteiger partial charge in [0, 0.05) is 11.5 Å². The highest BCUT2D eigenvalue weighted by Crippen LogP contribution is 2.40. The summed E-state index contributed by atoms with van der Waals surface area (Å²) in [6.07, 6.45) is 3.51. The van der Waals surface area contributed by atoms with Crippen LogP contribution in [0.3, 0.4) is 0 Å². The summed E-state index contributed by atoms with van der Waals surface area (Å²) in [6, 6.07) is 2.01. The SMILES string of the molecule is Brc1scc2c1C(c1ccoc1)COC2. The first kappa shape index (κ1) is 9.63. The maximum absolute atomic E-state index is 5.59. The monoisotopic (exact) mass is 284 g/mol. The van der Waals surface area contributed by atoms with Gasteiger partial charge in [-0.25, -0.2) is 0 Å². The van der Waals surface area contributed by atoms with E-state index in [-0.39, 0.29) is 0 Å². The van der Waals surface area contributed by atoms with E-state index in [0.717, 1.165) is 13.2 Å². The molecule has 0 amide bonds. The summed E-state index contributed by atoms with van der Waals surface area (Å²) < 4.78 is 11.9. The van der Waals surface area contributed by atoms with Gasteiger partial charge in [-0.1, -0.05) is 0 Å². The zero-order chi connectivity index (χ0) is 10.3. The van der Waals surface area contributed by atoms with Gasteiger partial charge in [-0.05, 0) is 38.5 Å². The predicted molar refractivity (Wildman–Crippen MR) is 62.2 cm³/mol. The number of rotatable bonds is 1. The number of hydrogen-bond donors (Lipinski definition) is 0. The van der Waals surface area contributed by atoms with Gasteiger partial charge in [0.1, 0.15) is 0 Å². The quantitative estimate of drug-likeness (QED) is 0.796. The van der Waals surface area contributed by atoms with Crippen LogP contribution in [-0.4, -0.2) is 6.61 Å². The van der Waals surface area contributed by atoms with Crippen molar-refractivity contribution in [3.63, 3.8) is 0 Å². The third-order valence-corrected chi connectivity index (χ3v) is 4.52. The zero-order valence-corrected chi connectivity index (χ0v) is 10.3. The van der Waals surface area contributed by atoms with Gasteiger partial charge in [-0.15, -0.1) is 11.3 Å². The molecule has 0 saturated heterocycles. The third kappa shape index (κ3) is 1.57. The highest BCUT2D eigenvalue weighted by molar-refractivity contribution is 9.11. The fourth-order valence-electron chi connectivity index (χ4n) is 1.95. The maximum Gasteiger partial charge on any atom is 0.0941 e. The molecule has 3 rings (SSSR count). The lowest BCUT2D eigenvalue weighted by atomic mass is 9.92. The van der Waals surface area contributed by atoms with Gasteiger partial charge < -0.3 is 9.15 Å². The molecule has 2 nitrogen and oxygen atoms in total. The van der Waals surface area contributed by atoms with Gasteiger partial charge in [-0.2, -0.15) is 0 Å². The van der Waals surface area contributed by atoms with Crippen molar-refractivity contribution in [2.75, 3.05) is 6.61 Å². The second-order valence-corrected chi connectivity index (χ2v) is 5.77. The molecule has 4 heteroatoms. The van der Waals surface area contributed by atoms with E-state index in [1.807, 2.05) is 6.07 Å². The fraction of sp³-hybridized carbons (Fsp3) is 0.273. The van der Waals surface area contributed by atoms with E-state index in [0.29, 0.717) is 5.92 Å². The van der Waals surface area contributed by atoms with Crippen molar-refractivity contribution in [3.8, 4) is 0 Å². The molecule has 2 aromatic rings. The Bertz CT molecular complexity index is 461. The van der Waals surface area contributed by atoms with E-state index >= 15 is 0 Å². The highest BCUT2D eigenvalue weighted by Gasteiger charge is 2.26. The van der Waals surface area contributed by atoms with Gasteiger partial charge in [-0.3, -0.25) is 0 Å². The van der Waals surface area contributed by atoms with E-state index < -0.39 is 0 Å². The molecule has 0 spiro atoms. The molecule has 0 saturated carbocycles. The minimum atomic E-state index is 0.313. The molecule has 1 unspecified atom stereocenters. The lowest BCUT2D eigenvalue weighted by molar-refractivity contribution is 0.0997. The van der Waals surface area contributed by atoms with Crippen molar-refractivity contribution < 1.29 is 9.15 Å². The molecule has 0 aromatic carbocycles. The Morgan fingerprint density at radius 2 is 2.40 bits per heavy atom. The molecule has 0 bridgehead atoms. The van der Waals surface area contributed by atoms with Crippen molar-refractivity contribution in [1.29, 1.82) is 0 Å². The molecule has 2 aromatic heterocycles. The minimum Gasteiger partial charge on any atom is -0.472 e. The van der Waals surface area contributed by atoms with Gasteiger partial charge in [0.05, 0.1) is 29.5 Å². The number of thiophene rings is 1. The Kier molecular flexibility index (Phi) is 2.42. The van der Waals surface area contributed by atoms with Crippen molar-refractivity contribution in [2.45, 2.75) is 12.5 Å². The smallest absolute Gasteiger partial charge is 0.0941 e. The van der Waals surface area contributed by atoms with Crippen molar-refractivity contribution in [1.82, 2.24) is 0 Å². The molecule has 3 heterocycles. The summed E-state index contributed by atoms with van der Waals surface area (Å²) in [6.45, 7) is 1.47. The van der Waals surface area contributed by atoms with Crippen LogP contribution in [0.25, 0.3) is 0 Å². The number of fused-ring (bicyclic) bond motifs is 1. The molecule has 78 valence electrons. The molecule has 0 N–H and O–H groups in total. The van der Waals surface area contributed by atoms with E-state index in [4.69, 9.17) is 9.15 Å². The van der Waals surface area contributed by atoms with Crippen LogP contribution in [0, 0.1) is 0 Å². The number of ether oxygens (including phenoxy) is 1. The van der Waals surface area contributed by atoms with Crippen LogP contribution in [0.1, 0.15) is 22.6 Å². The van der Waals surface area contributed by atoms with Crippen LogP contribution in [0.15, 0.2) is 32.2 Å². The Hall–Kier alpha value is -0.580. The number of halogens is 1. The zero-order valence-electron chi connectivity index (χ0n) is 7.90. The lowest BCUT2D eigenvalue weighted by Gasteiger charge is -2.22. The van der Waals surface area contributed by atoms with E-state index in [2.05, 4.69) is 21.3 Å². The minimum absolute atomic E-state index is 0.313. The summed E-state index contributed by atoms with van der Waals surface area (Å²) in [4.78, 5) is 0. The lowest BCUT2D eigenvalue weighted by Crippen LogP contribution is -2.16. The summed E-state index contributed by atoms with van der Waals surface area (Å²) >= 11 is 5.34. The predicted octanol–water partition coefficient (Wildman–Crippen LogP) is 3.77. The normalized spacial score (nSPS) is 20.2. The van der Waals surface area contributed by atoms with Crippen LogP contribution in [0.2, 0.25) is 0 Å². The fourth-order valence-corrected chi connectivity index (χ4v) is 3.61. The Balaban J connectivity index is 2.09. The van der Waals surface area contributed by atoms with Gasteiger partial charge in [0.25, 0.3) is 0 Å². The third-order valence-electron chi connectivity index (χ3n) is 2.70. The highest BCUT2D eigenvalue weighted by atomic mass is 79.9. The molecular formula is C11H9BrO2S. The van der Waals surface area contributed by atoms with Gasteiger partial charge >= 0.3 is 0 Å². The summed E-state index contributed by atoms with van der Waals surface area (Å²) in [5.41, 5.74) is 3.85. The first-order valence-electron chi connectivity index (χ1n) is 4.72. The van der Waals surface area contributed by atoms with Crippen LogP contribution in [-0.2, 0) is 11.3 Å². The average Bonchev–Trinajstić information content (AvgIpc) is 2.88. The first-order chi connectivity index (χ1) is 7.36. The average molecular weight is 285 g/mol. The molecule has 0 fully saturated rings. The second-order valence-electron chi connectivity index (χ2n) is 3.57. The molecular weight excluding hydrogens is 276 g/mol. The summed E-state index contributed by atoms with van der Waals surface area (Å²) in [7, 11) is 0. The number of hydrogen-bond acceptors (Lipinski definition) is 3. The molecule has 0 aliphatic carbocycles. The summed E-state index contributed by atoms with van der Waals surface area (Å²) in [5.74, 6) is 0.313. The van der Waals surface area contributed by atoms with Crippen LogP contribution in [0.4, 0.5) is 0 Å². The Morgan fingerprint density at radius 3 is 3.20 bits per heavy atom. The standard InChI is InChI=1S/C11H9BrO2S/c12-11-10-8(6-15-11)4-14-5-9(10)7-1-2-13-3-7/h1-3,6,9H,4-5H2. The van der Waals surface area contributed by atoms with Crippen LogP contribution < -0.4 is 0 Å². The van der Waals surface area contributed by atoms with Crippen molar-refractivity contribution in [2.24, 2.45) is 0 Å². The van der Waals surface area contributed by atoms with E-state index in [1.165, 1.54) is 20.5 Å². The van der Waals surface area contributed by atoms with Crippen molar-refractivity contribution in [3.05, 3.63) is 44.4 Å². The number of furan rings is 1. The topological polar surface area (TPSA) is 22.4 Å². The molecule has 0 radical (unpaired) electrons. The van der Waals surface area contributed by atoms with Crippen LogP contribution >= 0.6 is 27.3 Å². The molecule has 1 aliphatic heterocycles. The maximum atomic E-state index is 5.59. The Labute approximate surface area is 100.0 Å². The van der Waals surface area contributed by atoms with Crippen molar-refractivity contribution >= 4 is 27.3 Å². The molecule has 1 atom stereocenters. The van der Waals surface area contributed by atoms with Gasteiger partial charge in [0.2, 0.25) is 0 Å². The largest absolute Gasteiger partial charge is 0.472 e. The molecule has 1 aliphatic rings. The van der Waals surface area contributed by atoms with E-state index in [1.54, 1.807) is 23.9 Å². The molecule has 15 heavy (non-hydrogen) atoms.